The third kappa shape index (κ3) is 1.65. The maximum atomic E-state index is 11.0. The number of nitrogens with zero attached hydrogens (tertiary/aromatic N) is 1. The summed E-state index contributed by atoms with van der Waals surface area (Å²) in [5.74, 6) is 0. The van der Waals surface area contributed by atoms with Crippen LogP contribution in [0.5, 0.6) is 0 Å². The fourth-order valence-corrected chi connectivity index (χ4v) is 1.29. The summed E-state index contributed by atoms with van der Waals surface area (Å²) in [6.07, 6.45) is 3.56. The van der Waals surface area contributed by atoms with Gasteiger partial charge in [0.15, 0.2) is 0 Å². The van der Waals surface area contributed by atoms with Crippen LogP contribution in [0.25, 0.3) is 6.08 Å². The minimum atomic E-state index is -0.517. The van der Waals surface area contributed by atoms with Gasteiger partial charge >= 0.3 is 6.03 Å². The highest BCUT2D eigenvalue weighted by atomic mass is 35.5. The van der Waals surface area contributed by atoms with E-state index in [9.17, 15) is 4.79 Å². The minimum absolute atomic E-state index is 0. The molecule has 0 radical (unpaired) electrons. The number of amides is 2. The molecule has 1 aliphatic heterocycles. The van der Waals surface area contributed by atoms with Crippen LogP contribution in [0.4, 0.5) is 10.5 Å². The Balaban J connectivity index is 0.000000980. The van der Waals surface area contributed by atoms with E-state index < -0.39 is 6.03 Å². The number of anilines is 1. The van der Waals surface area contributed by atoms with Crippen molar-refractivity contribution in [3.63, 3.8) is 0 Å². The topological polar surface area (TPSA) is 58.4 Å². The zero-order chi connectivity index (χ0) is 9.26. The van der Waals surface area contributed by atoms with Gasteiger partial charge < -0.3 is 5.73 Å². The molecule has 0 unspecified atom stereocenters. The van der Waals surface area contributed by atoms with Crippen LogP contribution >= 0.6 is 12.4 Å². The monoisotopic (exact) mass is 211 g/mol. The van der Waals surface area contributed by atoms with Gasteiger partial charge in [-0.1, -0.05) is 18.2 Å². The predicted octanol–water partition coefficient (Wildman–Crippen LogP) is 1.48. The average molecular weight is 212 g/mol. The zero-order valence-corrected chi connectivity index (χ0v) is 8.12. The Morgan fingerprint density at radius 3 is 2.79 bits per heavy atom. The lowest BCUT2D eigenvalue weighted by molar-refractivity contribution is 0.252. The fourth-order valence-electron chi connectivity index (χ4n) is 1.29. The number of hydrogen-bond donors (Lipinski definition) is 2. The maximum Gasteiger partial charge on any atom is 0.338 e. The van der Waals surface area contributed by atoms with Crippen LogP contribution in [0.3, 0.4) is 0 Å². The van der Waals surface area contributed by atoms with Gasteiger partial charge in [0.05, 0.1) is 5.69 Å². The molecule has 1 aliphatic rings. The second kappa shape index (κ2) is 4.02. The maximum absolute atomic E-state index is 11.0. The standard InChI is InChI=1S/C9H9N3O.ClH/c10-9(13)12-8-4-2-1-3-7(8)5-6-11-12;/h1-6,11H,(H2,10,13);1H. The van der Waals surface area contributed by atoms with Gasteiger partial charge in [0, 0.05) is 11.8 Å². The molecule has 3 N–H and O–H groups in total. The molecule has 0 saturated carbocycles. The molecular formula is C9H10ClN3O. The number of rotatable bonds is 0. The van der Waals surface area contributed by atoms with E-state index in [2.05, 4.69) is 5.43 Å². The molecular weight excluding hydrogens is 202 g/mol. The van der Waals surface area contributed by atoms with Gasteiger partial charge in [-0.25, -0.2) is 9.80 Å². The third-order valence-electron chi connectivity index (χ3n) is 1.86. The fraction of sp³-hybridized carbons (Fsp3) is 0. The van der Waals surface area contributed by atoms with Crippen molar-refractivity contribution in [3.8, 4) is 0 Å². The molecule has 0 saturated heterocycles. The number of carbonyl (C=O) groups is 1. The Morgan fingerprint density at radius 2 is 2.07 bits per heavy atom. The smallest absolute Gasteiger partial charge is 0.338 e. The van der Waals surface area contributed by atoms with E-state index in [0.29, 0.717) is 0 Å². The largest absolute Gasteiger partial charge is 0.350 e. The van der Waals surface area contributed by atoms with Crippen LogP contribution < -0.4 is 16.2 Å². The first-order valence-electron chi connectivity index (χ1n) is 3.90. The summed E-state index contributed by atoms with van der Waals surface area (Å²) in [7, 11) is 0. The van der Waals surface area contributed by atoms with E-state index in [0.717, 1.165) is 11.3 Å². The molecule has 0 aromatic heterocycles. The van der Waals surface area contributed by atoms with E-state index in [1.807, 2.05) is 30.3 Å². The molecule has 2 rings (SSSR count). The average Bonchev–Trinajstić information content (AvgIpc) is 2.17. The number of fused-ring (bicyclic) bond motifs is 1. The molecule has 1 heterocycles. The summed E-state index contributed by atoms with van der Waals surface area (Å²) in [6.45, 7) is 0. The van der Waals surface area contributed by atoms with Crippen LogP contribution in [-0.2, 0) is 0 Å². The second-order valence-corrected chi connectivity index (χ2v) is 2.69. The van der Waals surface area contributed by atoms with Crippen molar-refractivity contribution in [2.45, 2.75) is 0 Å². The first-order valence-corrected chi connectivity index (χ1v) is 3.90. The van der Waals surface area contributed by atoms with Crippen molar-refractivity contribution in [1.82, 2.24) is 5.43 Å². The van der Waals surface area contributed by atoms with Gasteiger partial charge in [-0.15, -0.1) is 12.4 Å². The molecule has 2 amide bonds. The van der Waals surface area contributed by atoms with Gasteiger partial charge in [-0.05, 0) is 12.1 Å². The van der Waals surface area contributed by atoms with Crippen LogP contribution in [0.15, 0.2) is 30.5 Å². The Hall–Kier alpha value is -1.68. The van der Waals surface area contributed by atoms with E-state index in [-0.39, 0.29) is 12.4 Å². The Labute approximate surface area is 87.8 Å². The van der Waals surface area contributed by atoms with Crippen LogP contribution in [0.1, 0.15) is 5.56 Å². The van der Waals surface area contributed by atoms with E-state index in [1.165, 1.54) is 5.01 Å². The minimum Gasteiger partial charge on any atom is -0.350 e. The number of halogens is 1. The van der Waals surface area contributed by atoms with Gasteiger partial charge in [0.1, 0.15) is 0 Å². The van der Waals surface area contributed by atoms with Crippen molar-refractivity contribution >= 4 is 30.2 Å². The lowest BCUT2D eigenvalue weighted by atomic mass is 10.1. The molecule has 0 aliphatic carbocycles. The van der Waals surface area contributed by atoms with Crippen LogP contribution in [-0.4, -0.2) is 6.03 Å². The quantitative estimate of drug-likeness (QED) is 0.683. The molecule has 74 valence electrons. The van der Waals surface area contributed by atoms with Crippen molar-refractivity contribution in [3.05, 3.63) is 36.0 Å². The number of carbonyl (C=O) groups excluding carboxylic acids is 1. The van der Waals surface area contributed by atoms with Crippen LogP contribution in [0, 0.1) is 0 Å². The number of hydrazine groups is 1. The van der Waals surface area contributed by atoms with E-state index in [4.69, 9.17) is 5.73 Å². The van der Waals surface area contributed by atoms with Crippen LogP contribution in [0.2, 0.25) is 0 Å². The lowest BCUT2D eigenvalue weighted by Gasteiger charge is -2.24. The molecule has 1 aromatic rings. The highest BCUT2D eigenvalue weighted by molar-refractivity contribution is 5.93. The highest BCUT2D eigenvalue weighted by Crippen LogP contribution is 2.22. The molecule has 14 heavy (non-hydrogen) atoms. The Morgan fingerprint density at radius 1 is 1.36 bits per heavy atom. The summed E-state index contributed by atoms with van der Waals surface area (Å²) < 4.78 is 0. The molecule has 0 fully saturated rings. The van der Waals surface area contributed by atoms with Gasteiger partial charge in [-0.3, -0.25) is 5.43 Å². The first-order chi connectivity index (χ1) is 6.29. The molecule has 0 spiro atoms. The Kier molecular flexibility index (Phi) is 2.99. The number of urea groups is 1. The number of nitrogens with one attached hydrogen (secondary N) is 1. The summed E-state index contributed by atoms with van der Waals surface area (Å²) in [5.41, 5.74) is 9.67. The van der Waals surface area contributed by atoms with E-state index in [1.54, 1.807) is 6.20 Å². The number of primary amides is 1. The summed E-state index contributed by atoms with van der Waals surface area (Å²) in [6, 6.07) is 7.00. The summed E-state index contributed by atoms with van der Waals surface area (Å²) in [4.78, 5) is 11.0. The summed E-state index contributed by atoms with van der Waals surface area (Å²) >= 11 is 0. The second-order valence-electron chi connectivity index (χ2n) is 2.69. The van der Waals surface area contributed by atoms with Crippen molar-refractivity contribution < 1.29 is 4.79 Å². The number of nitrogens with two attached hydrogens (primary N) is 1. The lowest BCUT2D eigenvalue weighted by Crippen LogP contribution is -2.45. The number of benzene rings is 1. The normalized spacial score (nSPS) is 12.4. The van der Waals surface area contributed by atoms with Crippen molar-refractivity contribution in [1.29, 1.82) is 0 Å². The van der Waals surface area contributed by atoms with Gasteiger partial charge in [0.25, 0.3) is 0 Å². The zero-order valence-electron chi connectivity index (χ0n) is 7.31. The summed E-state index contributed by atoms with van der Waals surface area (Å²) in [5, 5.41) is 1.30. The molecule has 0 atom stereocenters. The van der Waals surface area contributed by atoms with Crippen molar-refractivity contribution in [2.75, 3.05) is 5.01 Å². The molecule has 5 heteroatoms. The SMILES string of the molecule is Cl.NC(=O)N1NC=Cc2ccccc21. The molecule has 1 aromatic carbocycles. The Bertz CT molecular complexity index is 378. The molecule has 4 nitrogen and oxygen atoms in total. The number of hydrogen-bond acceptors (Lipinski definition) is 2. The highest BCUT2D eigenvalue weighted by Gasteiger charge is 2.15. The van der Waals surface area contributed by atoms with Gasteiger partial charge in [0.2, 0.25) is 0 Å². The van der Waals surface area contributed by atoms with E-state index >= 15 is 0 Å². The van der Waals surface area contributed by atoms with Gasteiger partial charge in [-0.2, -0.15) is 0 Å². The number of para-hydroxylation sites is 1. The molecule has 0 bridgehead atoms. The third-order valence-corrected chi connectivity index (χ3v) is 1.86. The predicted molar refractivity (Wildman–Crippen MR) is 57.9 cm³/mol. The van der Waals surface area contributed by atoms with Crippen molar-refractivity contribution in [2.24, 2.45) is 5.73 Å². The first kappa shape index (κ1) is 10.4.